The lowest BCUT2D eigenvalue weighted by molar-refractivity contribution is 0.415. The van der Waals surface area contributed by atoms with Crippen molar-refractivity contribution < 1.29 is 9.47 Å². The van der Waals surface area contributed by atoms with Crippen LogP contribution in [0.4, 0.5) is 5.82 Å². The lowest BCUT2D eigenvalue weighted by atomic mass is 9.98. The van der Waals surface area contributed by atoms with Crippen molar-refractivity contribution in [1.82, 2.24) is 4.98 Å². The minimum Gasteiger partial charge on any atom is -0.497 e. The van der Waals surface area contributed by atoms with E-state index < -0.39 is 0 Å². The van der Waals surface area contributed by atoms with Gasteiger partial charge in [0.1, 0.15) is 34.7 Å². The fourth-order valence-electron chi connectivity index (χ4n) is 3.19. The Balaban J connectivity index is 1.79. The van der Waals surface area contributed by atoms with E-state index in [4.69, 9.17) is 15.2 Å². The van der Waals surface area contributed by atoms with Crippen molar-refractivity contribution in [2.45, 2.75) is 0 Å². The highest BCUT2D eigenvalue weighted by atomic mass is 16.5. The van der Waals surface area contributed by atoms with Crippen molar-refractivity contribution in [2.75, 3.05) is 12.8 Å². The maximum Gasteiger partial charge on any atom is 0.142 e. The van der Waals surface area contributed by atoms with Gasteiger partial charge in [-0.2, -0.15) is 5.26 Å². The summed E-state index contributed by atoms with van der Waals surface area (Å²) in [5, 5.41) is 9.69. The van der Waals surface area contributed by atoms with Gasteiger partial charge in [-0.15, -0.1) is 0 Å². The third-order valence-corrected chi connectivity index (χ3v) is 4.65. The number of benzene rings is 3. The average molecular weight is 393 g/mol. The molecule has 0 spiro atoms. The largest absolute Gasteiger partial charge is 0.497 e. The van der Waals surface area contributed by atoms with E-state index in [1.807, 2.05) is 84.9 Å². The topological polar surface area (TPSA) is 81.2 Å². The van der Waals surface area contributed by atoms with Gasteiger partial charge < -0.3 is 15.2 Å². The van der Waals surface area contributed by atoms with Crippen LogP contribution in [0.1, 0.15) is 5.56 Å². The number of ether oxygens (including phenoxy) is 2. The number of nitriles is 1. The zero-order valence-electron chi connectivity index (χ0n) is 16.4. The van der Waals surface area contributed by atoms with E-state index in [9.17, 15) is 5.26 Å². The van der Waals surface area contributed by atoms with Gasteiger partial charge in [0.05, 0.1) is 12.8 Å². The number of rotatable bonds is 5. The molecular weight excluding hydrogens is 374 g/mol. The molecule has 2 N–H and O–H groups in total. The van der Waals surface area contributed by atoms with Crippen LogP contribution in [0.25, 0.3) is 22.4 Å². The first-order valence-electron chi connectivity index (χ1n) is 9.36. The third-order valence-electron chi connectivity index (χ3n) is 4.65. The quantitative estimate of drug-likeness (QED) is 0.472. The monoisotopic (exact) mass is 393 g/mol. The fourth-order valence-corrected chi connectivity index (χ4v) is 3.19. The number of aromatic nitrogens is 1. The number of nitrogen functional groups attached to an aromatic ring is 1. The number of anilines is 1. The summed E-state index contributed by atoms with van der Waals surface area (Å²) in [6, 6.07) is 28.7. The van der Waals surface area contributed by atoms with Crippen LogP contribution in [0.15, 0.2) is 84.9 Å². The molecule has 5 heteroatoms. The molecule has 146 valence electrons. The third kappa shape index (κ3) is 3.94. The van der Waals surface area contributed by atoms with Crippen molar-refractivity contribution in [3.8, 4) is 45.7 Å². The average Bonchev–Trinajstić information content (AvgIpc) is 2.79. The number of nitrogens with two attached hydrogens (primary N) is 1. The van der Waals surface area contributed by atoms with Crippen molar-refractivity contribution >= 4 is 5.82 Å². The summed E-state index contributed by atoms with van der Waals surface area (Å²) in [5.41, 5.74) is 9.50. The highest BCUT2D eigenvalue weighted by Gasteiger charge is 2.14. The Labute approximate surface area is 175 Å². The Morgan fingerprint density at radius 1 is 0.800 bits per heavy atom. The van der Waals surface area contributed by atoms with Crippen molar-refractivity contribution in [1.29, 1.82) is 5.26 Å². The predicted molar refractivity (Wildman–Crippen MR) is 117 cm³/mol. The second kappa shape index (κ2) is 8.38. The van der Waals surface area contributed by atoms with Gasteiger partial charge in [-0.05, 0) is 48.0 Å². The minimum absolute atomic E-state index is 0.183. The molecule has 0 aliphatic carbocycles. The van der Waals surface area contributed by atoms with E-state index in [1.165, 1.54) is 0 Å². The van der Waals surface area contributed by atoms with E-state index >= 15 is 0 Å². The maximum absolute atomic E-state index is 9.69. The first-order valence-corrected chi connectivity index (χ1v) is 9.36. The second-order valence-corrected chi connectivity index (χ2v) is 6.60. The number of hydrogen-bond donors (Lipinski definition) is 1. The van der Waals surface area contributed by atoms with Gasteiger partial charge in [-0.25, -0.2) is 4.98 Å². The van der Waals surface area contributed by atoms with Crippen LogP contribution in [0.3, 0.4) is 0 Å². The van der Waals surface area contributed by atoms with Crippen LogP contribution in [-0.2, 0) is 0 Å². The summed E-state index contributed by atoms with van der Waals surface area (Å²) < 4.78 is 11.3. The Kier molecular flexibility index (Phi) is 5.31. The molecule has 4 aromatic rings. The molecule has 3 aromatic carbocycles. The molecule has 1 heterocycles. The van der Waals surface area contributed by atoms with E-state index in [0.29, 0.717) is 22.6 Å². The van der Waals surface area contributed by atoms with Gasteiger partial charge >= 0.3 is 0 Å². The summed E-state index contributed by atoms with van der Waals surface area (Å²) in [5.74, 6) is 2.31. The summed E-state index contributed by atoms with van der Waals surface area (Å²) >= 11 is 0. The normalized spacial score (nSPS) is 10.3. The van der Waals surface area contributed by atoms with Crippen LogP contribution in [0, 0.1) is 11.3 Å². The van der Waals surface area contributed by atoms with Gasteiger partial charge in [0, 0.05) is 11.1 Å². The zero-order chi connectivity index (χ0) is 20.9. The maximum atomic E-state index is 9.69. The number of nitrogens with zero attached hydrogens (tertiary/aromatic N) is 2. The van der Waals surface area contributed by atoms with Crippen molar-refractivity contribution in [2.24, 2.45) is 0 Å². The smallest absolute Gasteiger partial charge is 0.142 e. The fraction of sp³-hybridized carbons (Fsp3) is 0.0400. The summed E-state index contributed by atoms with van der Waals surface area (Å²) in [6.07, 6.45) is 0. The highest BCUT2D eigenvalue weighted by Crippen LogP contribution is 2.34. The van der Waals surface area contributed by atoms with Gasteiger partial charge in [0.15, 0.2) is 0 Å². The summed E-state index contributed by atoms with van der Waals surface area (Å²) in [4.78, 5) is 4.43. The summed E-state index contributed by atoms with van der Waals surface area (Å²) in [7, 11) is 1.61. The van der Waals surface area contributed by atoms with Crippen LogP contribution in [-0.4, -0.2) is 12.1 Å². The molecule has 0 aliphatic heterocycles. The zero-order valence-corrected chi connectivity index (χ0v) is 16.4. The minimum atomic E-state index is 0.183. The molecule has 0 amide bonds. The molecule has 0 saturated carbocycles. The van der Waals surface area contributed by atoms with E-state index in [2.05, 4.69) is 11.1 Å². The van der Waals surface area contributed by atoms with Crippen molar-refractivity contribution in [3.05, 3.63) is 90.5 Å². The van der Waals surface area contributed by atoms with E-state index in [-0.39, 0.29) is 5.82 Å². The number of methoxy groups -OCH3 is 1. The van der Waals surface area contributed by atoms with E-state index in [0.717, 1.165) is 22.6 Å². The molecule has 0 aliphatic rings. The van der Waals surface area contributed by atoms with Crippen LogP contribution in [0.2, 0.25) is 0 Å². The van der Waals surface area contributed by atoms with Crippen LogP contribution in [0.5, 0.6) is 17.2 Å². The second-order valence-electron chi connectivity index (χ2n) is 6.60. The van der Waals surface area contributed by atoms with Crippen molar-refractivity contribution in [3.63, 3.8) is 0 Å². The van der Waals surface area contributed by atoms with Gasteiger partial charge in [-0.1, -0.05) is 42.5 Å². The molecule has 0 radical (unpaired) electrons. The van der Waals surface area contributed by atoms with Crippen LogP contribution < -0.4 is 15.2 Å². The highest BCUT2D eigenvalue weighted by molar-refractivity contribution is 5.80. The Morgan fingerprint density at radius 2 is 1.47 bits per heavy atom. The first kappa shape index (κ1) is 19.0. The molecule has 1 aromatic heterocycles. The molecule has 0 fully saturated rings. The lowest BCUT2D eigenvalue weighted by Gasteiger charge is -2.12. The van der Waals surface area contributed by atoms with Gasteiger partial charge in [0.25, 0.3) is 0 Å². The Bertz CT molecular complexity index is 1230. The molecule has 5 nitrogen and oxygen atoms in total. The predicted octanol–water partition coefficient (Wildman–Crippen LogP) is 5.67. The molecule has 0 unspecified atom stereocenters. The standard InChI is InChI=1S/C25H19N3O2/c1-29-20-11-6-8-18(14-20)24-15-22(23(16-26)25(27)28-24)17-7-5-12-21(13-17)30-19-9-3-2-4-10-19/h2-15H,1H3,(H2,27,28). The molecule has 30 heavy (non-hydrogen) atoms. The van der Waals surface area contributed by atoms with E-state index in [1.54, 1.807) is 7.11 Å². The molecule has 0 bridgehead atoms. The van der Waals surface area contributed by atoms with Gasteiger partial charge in [0.2, 0.25) is 0 Å². The van der Waals surface area contributed by atoms with Crippen LogP contribution >= 0.6 is 0 Å². The SMILES string of the molecule is COc1cccc(-c2cc(-c3cccc(Oc4ccccc4)c3)c(C#N)c(N)n2)c1. The number of pyridine rings is 1. The summed E-state index contributed by atoms with van der Waals surface area (Å²) in [6.45, 7) is 0. The number of para-hydroxylation sites is 1. The number of hydrogen-bond acceptors (Lipinski definition) is 5. The molecule has 0 saturated heterocycles. The van der Waals surface area contributed by atoms with Gasteiger partial charge in [-0.3, -0.25) is 0 Å². The Morgan fingerprint density at radius 3 is 2.20 bits per heavy atom. The first-order chi connectivity index (χ1) is 14.7. The lowest BCUT2D eigenvalue weighted by Crippen LogP contribution is -2.00. The molecular formula is C25H19N3O2. The molecule has 0 atom stereocenters. The Hall–Kier alpha value is -4.30. The molecule has 4 rings (SSSR count).